The Hall–Kier alpha value is -2.67. The first-order valence-corrected chi connectivity index (χ1v) is 8.68. The Morgan fingerprint density at radius 2 is 2.12 bits per heavy atom. The molecule has 0 saturated carbocycles. The molecule has 1 aromatic carbocycles. The van der Waals surface area contributed by atoms with Crippen molar-refractivity contribution in [3.8, 4) is 0 Å². The number of methoxy groups -OCH3 is 1. The summed E-state index contributed by atoms with van der Waals surface area (Å²) in [5.74, 6) is 1.49. The molecule has 1 saturated heterocycles. The van der Waals surface area contributed by atoms with Gasteiger partial charge in [0.15, 0.2) is 0 Å². The number of aromatic nitrogens is 2. The summed E-state index contributed by atoms with van der Waals surface area (Å²) in [6.07, 6.45) is 0.628. The van der Waals surface area contributed by atoms with Crippen LogP contribution in [0.25, 0.3) is 11.0 Å². The van der Waals surface area contributed by atoms with Gasteiger partial charge in [0.25, 0.3) is 0 Å². The molecule has 0 radical (unpaired) electrons. The second-order valence-electron chi connectivity index (χ2n) is 6.67. The molecular formula is C19H21N3O4. The SMILES string of the molecule is CO[C@H]1C[C@H](c2nnc(C(C)c3cc4ccccc4o3)o2)N(C(C)=O)C1. The maximum absolute atomic E-state index is 11.9. The van der Waals surface area contributed by atoms with Gasteiger partial charge in [-0.05, 0) is 19.1 Å². The average molecular weight is 355 g/mol. The highest BCUT2D eigenvalue weighted by Gasteiger charge is 2.38. The minimum absolute atomic E-state index is 0.0213. The number of nitrogens with zero attached hydrogens (tertiary/aromatic N) is 3. The van der Waals surface area contributed by atoms with E-state index in [1.807, 2.05) is 37.3 Å². The molecule has 2 aromatic heterocycles. The van der Waals surface area contributed by atoms with Gasteiger partial charge < -0.3 is 18.5 Å². The molecule has 1 aliphatic rings. The molecule has 26 heavy (non-hydrogen) atoms. The molecule has 136 valence electrons. The van der Waals surface area contributed by atoms with Gasteiger partial charge in [-0.2, -0.15) is 0 Å². The first kappa shape index (κ1) is 16.8. The van der Waals surface area contributed by atoms with E-state index in [4.69, 9.17) is 13.6 Å². The van der Waals surface area contributed by atoms with Crippen LogP contribution >= 0.6 is 0 Å². The number of benzene rings is 1. The number of furan rings is 1. The van der Waals surface area contributed by atoms with Crippen LogP contribution in [0.2, 0.25) is 0 Å². The molecular weight excluding hydrogens is 334 g/mol. The first-order valence-electron chi connectivity index (χ1n) is 8.68. The van der Waals surface area contributed by atoms with E-state index in [-0.39, 0.29) is 24.0 Å². The molecule has 1 unspecified atom stereocenters. The van der Waals surface area contributed by atoms with Gasteiger partial charge in [-0.15, -0.1) is 10.2 Å². The maximum atomic E-state index is 11.9. The highest BCUT2D eigenvalue weighted by atomic mass is 16.5. The summed E-state index contributed by atoms with van der Waals surface area (Å²) >= 11 is 0. The zero-order chi connectivity index (χ0) is 18.3. The van der Waals surface area contributed by atoms with Gasteiger partial charge in [0.05, 0.1) is 12.0 Å². The predicted molar refractivity (Wildman–Crippen MR) is 93.6 cm³/mol. The van der Waals surface area contributed by atoms with Crippen LogP contribution < -0.4 is 0 Å². The largest absolute Gasteiger partial charge is 0.460 e. The van der Waals surface area contributed by atoms with E-state index in [9.17, 15) is 4.79 Å². The van der Waals surface area contributed by atoms with Crippen molar-refractivity contribution in [1.29, 1.82) is 0 Å². The highest BCUT2D eigenvalue weighted by Crippen LogP contribution is 2.35. The summed E-state index contributed by atoms with van der Waals surface area (Å²) in [5.41, 5.74) is 0.829. The van der Waals surface area contributed by atoms with E-state index in [2.05, 4.69) is 10.2 Å². The van der Waals surface area contributed by atoms with Crippen LogP contribution in [0, 0.1) is 0 Å². The third-order valence-corrected chi connectivity index (χ3v) is 4.98. The van der Waals surface area contributed by atoms with Crippen LogP contribution in [0.1, 0.15) is 49.8 Å². The standard InChI is InChI=1S/C19H21N3O4/c1-11(17-8-13-6-4-5-7-16(13)25-17)18-20-21-19(26-18)15-9-14(24-3)10-22(15)12(2)23/h4-8,11,14-15H,9-10H2,1-3H3/t11?,14-,15+/m0/s1. The summed E-state index contributed by atoms with van der Waals surface area (Å²) in [4.78, 5) is 13.6. The Morgan fingerprint density at radius 3 is 2.85 bits per heavy atom. The summed E-state index contributed by atoms with van der Waals surface area (Å²) in [7, 11) is 1.65. The monoisotopic (exact) mass is 355 g/mol. The van der Waals surface area contributed by atoms with E-state index < -0.39 is 0 Å². The van der Waals surface area contributed by atoms with Gasteiger partial charge >= 0.3 is 0 Å². The minimum Gasteiger partial charge on any atom is -0.460 e. The van der Waals surface area contributed by atoms with Crippen LogP contribution in [0.4, 0.5) is 0 Å². The van der Waals surface area contributed by atoms with Crippen molar-refractivity contribution in [1.82, 2.24) is 15.1 Å². The summed E-state index contributed by atoms with van der Waals surface area (Å²) in [5, 5.41) is 9.43. The number of ether oxygens (including phenoxy) is 1. The minimum atomic E-state index is -0.249. The molecule has 3 heterocycles. The lowest BCUT2D eigenvalue weighted by Gasteiger charge is -2.19. The van der Waals surface area contributed by atoms with E-state index in [0.717, 1.165) is 16.7 Å². The molecule has 1 aliphatic heterocycles. The van der Waals surface area contributed by atoms with Crippen molar-refractivity contribution >= 4 is 16.9 Å². The lowest BCUT2D eigenvalue weighted by atomic mass is 10.1. The smallest absolute Gasteiger partial charge is 0.239 e. The van der Waals surface area contributed by atoms with Crippen LogP contribution in [-0.4, -0.2) is 40.8 Å². The summed E-state index contributed by atoms with van der Waals surface area (Å²) in [6.45, 7) is 4.04. The van der Waals surface area contributed by atoms with Gasteiger partial charge in [0.2, 0.25) is 17.7 Å². The van der Waals surface area contributed by atoms with E-state index in [1.54, 1.807) is 18.9 Å². The molecule has 7 heteroatoms. The number of hydrogen-bond donors (Lipinski definition) is 0. The van der Waals surface area contributed by atoms with Crippen molar-refractivity contribution in [3.63, 3.8) is 0 Å². The number of amides is 1. The first-order chi connectivity index (χ1) is 12.6. The fraction of sp³-hybridized carbons (Fsp3) is 0.421. The Bertz CT molecular complexity index is 899. The van der Waals surface area contributed by atoms with Crippen molar-refractivity contribution in [3.05, 3.63) is 47.9 Å². The van der Waals surface area contributed by atoms with Gasteiger partial charge in [-0.25, -0.2) is 0 Å². The topological polar surface area (TPSA) is 81.6 Å². The Kier molecular flexibility index (Phi) is 4.24. The Balaban J connectivity index is 1.59. The van der Waals surface area contributed by atoms with Crippen molar-refractivity contribution in [2.24, 2.45) is 0 Å². The summed E-state index contributed by atoms with van der Waals surface area (Å²) < 4.78 is 17.2. The second kappa shape index (κ2) is 6.57. The number of likely N-dealkylation sites (tertiary alicyclic amines) is 1. The number of rotatable bonds is 4. The average Bonchev–Trinajstić information content (AvgIpc) is 3.36. The maximum Gasteiger partial charge on any atom is 0.239 e. The number of fused-ring (bicyclic) bond motifs is 1. The number of hydrogen-bond acceptors (Lipinski definition) is 6. The normalized spacial score (nSPS) is 21.4. The van der Waals surface area contributed by atoms with E-state index in [0.29, 0.717) is 24.7 Å². The molecule has 0 N–H and O–H groups in total. The van der Waals surface area contributed by atoms with E-state index in [1.165, 1.54) is 0 Å². The van der Waals surface area contributed by atoms with Crippen LogP contribution in [0.3, 0.4) is 0 Å². The zero-order valence-electron chi connectivity index (χ0n) is 15.0. The zero-order valence-corrected chi connectivity index (χ0v) is 15.0. The quantitative estimate of drug-likeness (QED) is 0.714. The molecule has 4 rings (SSSR count). The Labute approximate surface area is 150 Å². The molecule has 1 amide bonds. The molecule has 0 aliphatic carbocycles. The lowest BCUT2D eigenvalue weighted by molar-refractivity contribution is -0.130. The second-order valence-corrected chi connectivity index (χ2v) is 6.67. The predicted octanol–water partition coefficient (Wildman–Crippen LogP) is 3.28. The molecule has 3 aromatic rings. The number of carbonyl (C=O) groups excluding carboxylic acids is 1. The highest BCUT2D eigenvalue weighted by molar-refractivity contribution is 5.77. The number of para-hydroxylation sites is 1. The molecule has 0 bridgehead atoms. The molecule has 3 atom stereocenters. The fourth-order valence-electron chi connectivity index (χ4n) is 3.44. The van der Waals surface area contributed by atoms with Crippen LogP contribution in [-0.2, 0) is 9.53 Å². The summed E-state index contributed by atoms with van der Waals surface area (Å²) in [6, 6.07) is 9.58. The fourth-order valence-corrected chi connectivity index (χ4v) is 3.44. The molecule has 0 spiro atoms. The third-order valence-electron chi connectivity index (χ3n) is 4.98. The lowest BCUT2D eigenvalue weighted by Crippen LogP contribution is -2.29. The van der Waals surface area contributed by atoms with Crippen LogP contribution in [0.15, 0.2) is 39.2 Å². The van der Waals surface area contributed by atoms with Crippen molar-refractivity contribution in [2.45, 2.75) is 38.3 Å². The van der Waals surface area contributed by atoms with Crippen LogP contribution in [0.5, 0.6) is 0 Å². The van der Waals surface area contributed by atoms with Gasteiger partial charge in [-0.3, -0.25) is 4.79 Å². The number of carbonyl (C=O) groups is 1. The van der Waals surface area contributed by atoms with E-state index >= 15 is 0 Å². The van der Waals surface area contributed by atoms with Gasteiger partial charge in [-0.1, -0.05) is 18.2 Å². The molecule has 7 nitrogen and oxygen atoms in total. The van der Waals surface area contributed by atoms with Gasteiger partial charge in [0, 0.05) is 32.4 Å². The molecule has 1 fully saturated rings. The van der Waals surface area contributed by atoms with Crippen molar-refractivity contribution in [2.75, 3.05) is 13.7 Å². The van der Waals surface area contributed by atoms with Gasteiger partial charge in [0.1, 0.15) is 17.4 Å². The third kappa shape index (κ3) is 2.88. The Morgan fingerprint density at radius 1 is 1.31 bits per heavy atom. The van der Waals surface area contributed by atoms with Crippen molar-refractivity contribution < 1.29 is 18.4 Å².